The summed E-state index contributed by atoms with van der Waals surface area (Å²) in [5.41, 5.74) is 2.89. The minimum atomic E-state index is -3.87. The van der Waals surface area contributed by atoms with Gasteiger partial charge in [0.15, 0.2) is 0 Å². The molecule has 0 spiro atoms. The van der Waals surface area contributed by atoms with Crippen molar-refractivity contribution in [2.24, 2.45) is 5.92 Å². The molecule has 0 saturated carbocycles. The second-order valence-corrected chi connectivity index (χ2v) is 13.3. The number of nitrogens with zero attached hydrogens (tertiary/aromatic N) is 1. The van der Waals surface area contributed by atoms with Crippen LogP contribution in [-0.2, 0) is 27.7 Å². The number of carbonyl (C=O) groups excluding carboxylic acids is 1. The van der Waals surface area contributed by atoms with E-state index in [1.807, 2.05) is 74.6 Å². The fraction of sp³-hybridized carbons (Fsp3) is 0.323. The van der Waals surface area contributed by atoms with Crippen molar-refractivity contribution < 1.29 is 18.3 Å². The van der Waals surface area contributed by atoms with Crippen molar-refractivity contribution in [2.75, 3.05) is 13.1 Å². The maximum atomic E-state index is 13.6. The number of sulfonamides is 1. The van der Waals surface area contributed by atoms with E-state index < -0.39 is 22.2 Å². The predicted molar refractivity (Wildman–Crippen MR) is 162 cm³/mol. The Morgan fingerprint density at radius 1 is 0.975 bits per heavy atom. The number of amides is 1. The smallest absolute Gasteiger partial charge is 0.243 e. The number of para-hydroxylation sites is 1. The van der Waals surface area contributed by atoms with Crippen LogP contribution in [0, 0.1) is 5.92 Å². The largest absolute Gasteiger partial charge is 0.390 e. The van der Waals surface area contributed by atoms with Crippen LogP contribution in [0.2, 0.25) is 0 Å². The molecule has 1 heterocycles. The number of carbonyl (C=O) groups is 1. The number of aryl methyl sites for hydroxylation is 1. The number of nitrogens with one attached hydrogen (secondary N) is 2. The summed E-state index contributed by atoms with van der Waals surface area (Å²) < 4.78 is 29.3. The lowest BCUT2D eigenvalue weighted by atomic mass is 10.00. The van der Waals surface area contributed by atoms with Crippen LogP contribution >= 0.6 is 15.9 Å². The van der Waals surface area contributed by atoms with Gasteiger partial charge in [0.2, 0.25) is 15.9 Å². The van der Waals surface area contributed by atoms with E-state index in [4.69, 9.17) is 0 Å². The third-order valence-electron chi connectivity index (χ3n) is 6.83. The van der Waals surface area contributed by atoms with E-state index in [1.54, 1.807) is 24.3 Å². The molecule has 0 saturated heterocycles. The van der Waals surface area contributed by atoms with Crippen molar-refractivity contribution in [3.63, 3.8) is 0 Å². The molecular weight excluding hydrogens is 590 g/mol. The van der Waals surface area contributed by atoms with E-state index >= 15 is 0 Å². The van der Waals surface area contributed by atoms with Gasteiger partial charge in [-0.25, -0.2) is 8.42 Å². The number of fused-ring (bicyclic) bond motifs is 1. The molecule has 0 bridgehead atoms. The maximum absolute atomic E-state index is 13.6. The topological polar surface area (TPSA) is 102 Å². The number of H-pyrrole nitrogens is 1. The zero-order valence-electron chi connectivity index (χ0n) is 22.8. The monoisotopic (exact) mass is 625 g/mol. The number of hydrogen-bond acceptors (Lipinski definition) is 4. The number of aliphatic hydroxyl groups is 1. The number of aromatic nitrogens is 1. The molecule has 0 radical (unpaired) electrons. The molecule has 0 aliphatic rings. The number of aliphatic hydroxyl groups excluding tert-OH is 1. The number of aromatic amines is 1. The molecule has 0 fully saturated rings. The first-order chi connectivity index (χ1) is 19.1. The molecule has 7 nitrogen and oxygen atoms in total. The van der Waals surface area contributed by atoms with Gasteiger partial charge in [0.1, 0.15) is 0 Å². The molecule has 0 aliphatic carbocycles. The fourth-order valence-electron chi connectivity index (χ4n) is 4.81. The van der Waals surface area contributed by atoms with Crippen LogP contribution in [0.4, 0.5) is 0 Å². The Morgan fingerprint density at radius 2 is 1.65 bits per heavy atom. The van der Waals surface area contributed by atoms with E-state index in [0.29, 0.717) is 12.8 Å². The van der Waals surface area contributed by atoms with E-state index in [0.717, 1.165) is 26.5 Å². The summed E-state index contributed by atoms with van der Waals surface area (Å²) in [5, 5.41) is 15.4. The fourth-order valence-corrected chi connectivity index (χ4v) is 6.69. The van der Waals surface area contributed by atoms with Gasteiger partial charge in [0.25, 0.3) is 0 Å². The minimum absolute atomic E-state index is 0.0386. The summed E-state index contributed by atoms with van der Waals surface area (Å²) in [7, 11) is -3.87. The quantitative estimate of drug-likeness (QED) is 0.188. The molecule has 212 valence electrons. The molecule has 4 aromatic rings. The average Bonchev–Trinajstić information content (AvgIpc) is 3.33. The van der Waals surface area contributed by atoms with Crippen LogP contribution in [0.15, 0.2) is 94.4 Å². The third-order valence-corrected chi connectivity index (χ3v) is 9.21. The van der Waals surface area contributed by atoms with Gasteiger partial charge >= 0.3 is 0 Å². The van der Waals surface area contributed by atoms with Crippen LogP contribution in [-0.4, -0.2) is 54.0 Å². The molecule has 0 unspecified atom stereocenters. The number of hydrogen-bond donors (Lipinski definition) is 3. The van der Waals surface area contributed by atoms with Crippen molar-refractivity contribution >= 4 is 42.8 Å². The average molecular weight is 627 g/mol. The van der Waals surface area contributed by atoms with Crippen molar-refractivity contribution in [1.29, 1.82) is 0 Å². The van der Waals surface area contributed by atoms with E-state index in [2.05, 4.69) is 26.2 Å². The summed E-state index contributed by atoms with van der Waals surface area (Å²) in [5.74, 6) is -0.190. The van der Waals surface area contributed by atoms with E-state index in [1.165, 1.54) is 4.31 Å². The van der Waals surface area contributed by atoms with Gasteiger partial charge in [0, 0.05) is 34.7 Å². The predicted octanol–water partition coefficient (Wildman–Crippen LogP) is 5.30. The van der Waals surface area contributed by atoms with Crippen molar-refractivity contribution in [1.82, 2.24) is 14.6 Å². The Hall–Kier alpha value is -2.98. The number of halogens is 1. The van der Waals surface area contributed by atoms with Crippen LogP contribution in [0.5, 0.6) is 0 Å². The summed E-state index contributed by atoms with van der Waals surface area (Å²) >= 11 is 3.35. The summed E-state index contributed by atoms with van der Waals surface area (Å²) in [4.78, 5) is 16.6. The molecule has 1 aromatic heterocycles. The van der Waals surface area contributed by atoms with Gasteiger partial charge in [-0.3, -0.25) is 4.79 Å². The highest BCUT2D eigenvalue weighted by Gasteiger charge is 2.31. The zero-order valence-corrected chi connectivity index (χ0v) is 25.2. The van der Waals surface area contributed by atoms with Gasteiger partial charge in [-0.15, -0.1) is 0 Å². The van der Waals surface area contributed by atoms with Crippen molar-refractivity contribution in [3.8, 4) is 0 Å². The summed E-state index contributed by atoms with van der Waals surface area (Å²) in [6.07, 6.45) is 1.94. The van der Waals surface area contributed by atoms with Crippen LogP contribution < -0.4 is 5.32 Å². The van der Waals surface area contributed by atoms with Gasteiger partial charge in [-0.05, 0) is 60.2 Å². The second kappa shape index (κ2) is 13.6. The van der Waals surface area contributed by atoms with Crippen molar-refractivity contribution in [3.05, 3.63) is 101 Å². The van der Waals surface area contributed by atoms with E-state index in [-0.39, 0.29) is 36.2 Å². The highest BCUT2D eigenvalue weighted by Crippen LogP contribution is 2.22. The van der Waals surface area contributed by atoms with Crippen molar-refractivity contribution in [2.45, 2.75) is 50.2 Å². The Morgan fingerprint density at radius 3 is 2.35 bits per heavy atom. The third kappa shape index (κ3) is 7.81. The first-order valence-corrected chi connectivity index (χ1v) is 15.7. The normalized spacial score (nSPS) is 13.6. The molecule has 3 N–H and O–H groups in total. The SMILES string of the molecule is CC(C)CN(C[C@@H](O)[C@H](CCc1ccccc1)NC(=O)Cc1c[nH]c2ccccc12)S(=O)(=O)c1ccc(Br)cc1. The highest BCUT2D eigenvalue weighted by atomic mass is 79.9. The zero-order chi connectivity index (χ0) is 28.7. The number of rotatable bonds is 13. The van der Waals surface area contributed by atoms with Crippen LogP contribution in [0.3, 0.4) is 0 Å². The highest BCUT2D eigenvalue weighted by molar-refractivity contribution is 9.10. The van der Waals surface area contributed by atoms with E-state index in [9.17, 15) is 18.3 Å². The first kappa shape index (κ1) is 30.0. The summed E-state index contributed by atoms with van der Waals surface area (Å²) in [6.45, 7) is 3.98. The maximum Gasteiger partial charge on any atom is 0.243 e. The van der Waals surface area contributed by atoms with Gasteiger partial charge in [-0.2, -0.15) is 4.31 Å². The van der Waals surface area contributed by atoms with Gasteiger partial charge in [-0.1, -0.05) is 78.3 Å². The molecular formula is C31H36BrN3O4S. The van der Waals surface area contributed by atoms with Crippen LogP contribution in [0.25, 0.3) is 10.9 Å². The molecule has 4 rings (SSSR count). The molecule has 0 aliphatic heterocycles. The molecule has 3 aromatic carbocycles. The standard InChI is InChI=1S/C31H36BrN3O4S/c1-22(2)20-35(40(38,39)26-15-13-25(32)14-16-26)21-30(36)29(17-12-23-8-4-3-5-9-23)34-31(37)18-24-19-33-28-11-7-6-10-27(24)28/h3-11,13-16,19,22,29-30,33,36H,12,17-18,20-21H2,1-2H3,(H,34,37)/t29-,30+/m0/s1. The second-order valence-electron chi connectivity index (χ2n) is 10.5. The molecule has 1 amide bonds. The summed E-state index contributed by atoms with van der Waals surface area (Å²) in [6, 6.07) is 23.5. The first-order valence-electron chi connectivity index (χ1n) is 13.5. The molecule has 9 heteroatoms. The lowest BCUT2D eigenvalue weighted by Crippen LogP contribution is -2.50. The van der Waals surface area contributed by atoms with Gasteiger partial charge < -0.3 is 15.4 Å². The Labute approximate surface area is 244 Å². The van der Waals surface area contributed by atoms with Gasteiger partial charge in [0.05, 0.1) is 23.5 Å². The molecule has 2 atom stereocenters. The minimum Gasteiger partial charge on any atom is -0.390 e. The van der Waals surface area contributed by atoms with Crippen LogP contribution in [0.1, 0.15) is 31.4 Å². The lowest BCUT2D eigenvalue weighted by molar-refractivity contribution is -0.122. The lowest BCUT2D eigenvalue weighted by Gasteiger charge is -2.30. The Balaban J connectivity index is 1.54. The Kier molecular flexibility index (Phi) is 10.2. The molecule has 40 heavy (non-hydrogen) atoms. The Bertz CT molecular complexity index is 1500. The number of benzene rings is 3.